The molecule has 0 saturated heterocycles. The number of methoxy groups -OCH3 is 2. The van der Waals surface area contributed by atoms with Crippen molar-refractivity contribution in [1.29, 1.82) is 0 Å². The van der Waals surface area contributed by atoms with Crippen LogP contribution in [0.4, 0.5) is 0 Å². The zero-order valence-corrected chi connectivity index (χ0v) is 9.80. The molecular formula is C11H13NO5. The number of carbonyl (C=O) groups excluding carboxylic acids is 1. The zero-order chi connectivity index (χ0) is 13.0. The lowest BCUT2D eigenvalue weighted by atomic mass is 10.1. The molecule has 1 atom stereocenters. The maximum atomic E-state index is 11.7. The summed E-state index contributed by atoms with van der Waals surface area (Å²) in [5, 5.41) is 10.5. The second-order valence-corrected chi connectivity index (χ2v) is 3.40. The van der Waals surface area contributed by atoms with Crippen molar-refractivity contribution < 1.29 is 19.2 Å². The fraction of sp³-hybridized carbons (Fsp3) is 0.364. The highest BCUT2D eigenvalue weighted by molar-refractivity contribution is 5.99. The second kappa shape index (κ2) is 5.29. The van der Waals surface area contributed by atoms with Gasteiger partial charge in [0, 0.05) is 17.4 Å². The number of nitro groups is 1. The molecule has 1 rings (SSSR count). The predicted molar refractivity (Wildman–Crippen MR) is 60.3 cm³/mol. The van der Waals surface area contributed by atoms with E-state index in [2.05, 4.69) is 0 Å². The van der Waals surface area contributed by atoms with Crippen LogP contribution in [-0.4, -0.2) is 31.0 Å². The lowest BCUT2D eigenvalue weighted by Gasteiger charge is -2.09. The van der Waals surface area contributed by atoms with Gasteiger partial charge in [-0.15, -0.1) is 0 Å². The van der Waals surface area contributed by atoms with Crippen LogP contribution in [0.3, 0.4) is 0 Å². The Hall–Kier alpha value is -2.11. The number of Topliss-reactive ketones (excluding diaryl/α,β-unsaturated/α-hetero) is 1. The fourth-order valence-electron chi connectivity index (χ4n) is 1.33. The van der Waals surface area contributed by atoms with Crippen molar-refractivity contribution in [1.82, 2.24) is 0 Å². The second-order valence-electron chi connectivity index (χ2n) is 3.40. The molecule has 0 amide bonds. The molecule has 0 aliphatic heterocycles. The van der Waals surface area contributed by atoms with E-state index in [0.29, 0.717) is 11.5 Å². The molecule has 0 N–H and O–H groups in total. The molecular weight excluding hydrogens is 226 g/mol. The third-order valence-electron chi connectivity index (χ3n) is 2.36. The van der Waals surface area contributed by atoms with Crippen LogP contribution < -0.4 is 9.47 Å². The molecule has 17 heavy (non-hydrogen) atoms. The van der Waals surface area contributed by atoms with Gasteiger partial charge in [0.1, 0.15) is 0 Å². The van der Waals surface area contributed by atoms with Crippen LogP contribution in [0.25, 0.3) is 0 Å². The molecule has 0 aromatic heterocycles. The van der Waals surface area contributed by atoms with Crippen LogP contribution in [0.15, 0.2) is 18.2 Å². The van der Waals surface area contributed by atoms with E-state index in [9.17, 15) is 14.9 Å². The Balaban J connectivity index is 3.08. The Morgan fingerprint density at radius 3 is 2.35 bits per heavy atom. The third kappa shape index (κ3) is 2.72. The van der Waals surface area contributed by atoms with Crippen molar-refractivity contribution in [2.24, 2.45) is 0 Å². The highest BCUT2D eigenvalue weighted by Gasteiger charge is 2.25. The van der Waals surface area contributed by atoms with E-state index in [0.717, 1.165) is 0 Å². The molecule has 0 spiro atoms. The van der Waals surface area contributed by atoms with E-state index in [1.54, 1.807) is 6.07 Å². The van der Waals surface area contributed by atoms with Gasteiger partial charge in [-0.3, -0.25) is 14.9 Å². The number of hydrogen-bond donors (Lipinski definition) is 0. The van der Waals surface area contributed by atoms with E-state index in [1.807, 2.05) is 0 Å². The van der Waals surface area contributed by atoms with Crippen molar-refractivity contribution >= 4 is 5.78 Å². The average molecular weight is 239 g/mol. The van der Waals surface area contributed by atoms with Crippen molar-refractivity contribution in [2.45, 2.75) is 13.0 Å². The largest absolute Gasteiger partial charge is 0.493 e. The smallest absolute Gasteiger partial charge is 0.272 e. The minimum absolute atomic E-state index is 0.229. The van der Waals surface area contributed by atoms with E-state index in [1.165, 1.54) is 33.3 Å². The predicted octanol–water partition coefficient (Wildman–Crippen LogP) is 1.55. The number of benzene rings is 1. The number of rotatable bonds is 5. The topological polar surface area (TPSA) is 78.7 Å². The normalized spacial score (nSPS) is 11.7. The summed E-state index contributed by atoms with van der Waals surface area (Å²) >= 11 is 0. The van der Waals surface area contributed by atoms with Crippen LogP contribution in [0.2, 0.25) is 0 Å². The van der Waals surface area contributed by atoms with Crippen molar-refractivity contribution in [3.05, 3.63) is 33.9 Å². The molecule has 0 bridgehead atoms. The van der Waals surface area contributed by atoms with Crippen LogP contribution in [-0.2, 0) is 0 Å². The molecule has 0 aliphatic carbocycles. The Morgan fingerprint density at radius 1 is 1.29 bits per heavy atom. The van der Waals surface area contributed by atoms with Gasteiger partial charge < -0.3 is 9.47 Å². The molecule has 1 aromatic rings. The average Bonchev–Trinajstić information content (AvgIpc) is 2.35. The highest BCUT2D eigenvalue weighted by atomic mass is 16.6. The number of ether oxygens (including phenoxy) is 2. The Labute approximate surface area is 98.3 Å². The molecule has 0 radical (unpaired) electrons. The summed E-state index contributed by atoms with van der Waals surface area (Å²) in [5.74, 6) is 0.280. The number of ketones is 1. The molecule has 1 unspecified atom stereocenters. The van der Waals surface area contributed by atoms with Gasteiger partial charge in [-0.25, -0.2) is 0 Å². The Kier molecular flexibility index (Phi) is 4.03. The summed E-state index contributed by atoms with van der Waals surface area (Å²) in [6.07, 6.45) is 0. The first-order valence-electron chi connectivity index (χ1n) is 4.91. The van der Waals surface area contributed by atoms with Gasteiger partial charge in [-0.05, 0) is 18.2 Å². The maximum absolute atomic E-state index is 11.7. The molecule has 92 valence electrons. The quantitative estimate of drug-likeness (QED) is 0.442. The highest BCUT2D eigenvalue weighted by Crippen LogP contribution is 2.28. The van der Waals surface area contributed by atoms with E-state index < -0.39 is 16.7 Å². The summed E-state index contributed by atoms with van der Waals surface area (Å²) in [7, 11) is 2.90. The standard InChI is InChI=1S/C11H13NO5/c1-7(12(14)15)11(13)8-4-5-9(16-2)10(6-8)17-3/h4-7H,1-3H3. The minimum atomic E-state index is -1.27. The summed E-state index contributed by atoms with van der Waals surface area (Å²) in [6.45, 7) is 1.25. The number of carbonyl (C=O) groups is 1. The van der Waals surface area contributed by atoms with Gasteiger partial charge >= 0.3 is 0 Å². The zero-order valence-electron chi connectivity index (χ0n) is 9.80. The molecule has 6 heteroatoms. The molecule has 0 saturated carbocycles. The van der Waals surface area contributed by atoms with Crippen LogP contribution in [0.5, 0.6) is 11.5 Å². The lowest BCUT2D eigenvalue weighted by Crippen LogP contribution is -2.26. The van der Waals surface area contributed by atoms with Crippen molar-refractivity contribution in [2.75, 3.05) is 14.2 Å². The first-order chi connectivity index (χ1) is 8.01. The van der Waals surface area contributed by atoms with Gasteiger partial charge in [0.15, 0.2) is 11.5 Å². The molecule has 6 nitrogen and oxygen atoms in total. The molecule has 1 aromatic carbocycles. The Morgan fingerprint density at radius 2 is 1.88 bits per heavy atom. The molecule has 0 aliphatic rings. The first kappa shape index (κ1) is 13.0. The van der Waals surface area contributed by atoms with Gasteiger partial charge in [0.2, 0.25) is 5.78 Å². The van der Waals surface area contributed by atoms with E-state index in [4.69, 9.17) is 9.47 Å². The fourth-order valence-corrected chi connectivity index (χ4v) is 1.33. The number of nitrogens with zero attached hydrogens (tertiary/aromatic N) is 1. The lowest BCUT2D eigenvalue weighted by molar-refractivity contribution is -0.500. The monoisotopic (exact) mass is 239 g/mol. The molecule has 0 heterocycles. The van der Waals surface area contributed by atoms with Gasteiger partial charge in [0.05, 0.1) is 14.2 Å². The van der Waals surface area contributed by atoms with Crippen LogP contribution in [0, 0.1) is 10.1 Å². The summed E-state index contributed by atoms with van der Waals surface area (Å²) in [6, 6.07) is 3.18. The first-order valence-corrected chi connectivity index (χ1v) is 4.91. The minimum Gasteiger partial charge on any atom is -0.493 e. The van der Waals surface area contributed by atoms with Crippen LogP contribution >= 0.6 is 0 Å². The summed E-state index contributed by atoms with van der Waals surface area (Å²) < 4.78 is 10.0. The summed E-state index contributed by atoms with van der Waals surface area (Å²) in [4.78, 5) is 21.6. The van der Waals surface area contributed by atoms with Crippen molar-refractivity contribution in [3.63, 3.8) is 0 Å². The maximum Gasteiger partial charge on any atom is 0.272 e. The van der Waals surface area contributed by atoms with Crippen molar-refractivity contribution in [3.8, 4) is 11.5 Å². The van der Waals surface area contributed by atoms with Gasteiger partial charge in [-0.2, -0.15) is 0 Å². The van der Waals surface area contributed by atoms with E-state index in [-0.39, 0.29) is 5.56 Å². The van der Waals surface area contributed by atoms with Gasteiger partial charge in [-0.1, -0.05) is 0 Å². The molecule has 0 fully saturated rings. The van der Waals surface area contributed by atoms with E-state index >= 15 is 0 Å². The third-order valence-corrected chi connectivity index (χ3v) is 2.36. The SMILES string of the molecule is COc1ccc(C(=O)C(C)[N+](=O)[O-])cc1OC. The summed E-state index contributed by atoms with van der Waals surface area (Å²) in [5.41, 5.74) is 0.229. The van der Waals surface area contributed by atoms with Crippen LogP contribution in [0.1, 0.15) is 17.3 Å². The Bertz CT molecular complexity index is 443. The number of hydrogen-bond acceptors (Lipinski definition) is 5. The van der Waals surface area contributed by atoms with Gasteiger partial charge in [0.25, 0.3) is 6.04 Å².